The molecule has 0 aliphatic carbocycles. The van der Waals surface area contributed by atoms with E-state index in [1.165, 1.54) is 28.7 Å². The molecule has 1 aromatic carbocycles. The smallest absolute Gasteiger partial charge is 0.387 e. The van der Waals surface area contributed by atoms with Crippen LogP contribution < -0.4 is 9.47 Å². The van der Waals surface area contributed by atoms with E-state index in [2.05, 4.69) is 16.3 Å². The molecule has 28 heavy (non-hydrogen) atoms. The van der Waals surface area contributed by atoms with Gasteiger partial charge in [0, 0.05) is 11.8 Å². The number of fused-ring (bicyclic) bond motifs is 1. The molecule has 2 aromatic heterocycles. The molecular formula is C20H16F2N2O4. The van der Waals surface area contributed by atoms with Gasteiger partial charge < -0.3 is 14.6 Å². The summed E-state index contributed by atoms with van der Waals surface area (Å²) in [7, 11) is 0. The topological polar surface area (TPSA) is 73.1 Å². The molecule has 0 unspecified atom stereocenters. The lowest BCUT2D eigenvalue weighted by atomic mass is 10.1. The Labute approximate surface area is 159 Å². The molecule has 0 aliphatic rings. The third-order valence-electron chi connectivity index (χ3n) is 3.68. The minimum atomic E-state index is -3.02. The zero-order valence-electron chi connectivity index (χ0n) is 14.8. The first-order chi connectivity index (χ1) is 13.4. The highest BCUT2D eigenvalue weighted by molar-refractivity contribution is 5.92. The lowest BCUT2D eigenvalue weighted by molar-refractivity contribution is -0.0511. The van der Waals surface area contributed by atoms with Gasteiger partial charge in [-0.1, -0.05) is 24.8 Å². The summed E-state index contributed by atoms with van der Waals surface area (Å²) < 4.78 is 36.8. The minimum absolute atomic E-state index is 0.0193. The number of hydrogen-bond donors (Lipinski definition) is 1. The van der Waals surface area contributed by atoms with Crippen molar-refractivity contribution in [3.8, 4) is 11.5 Å². The molecular weight excluding hydrogens is 370 g/mol. The van der Waals surface area contributed by atoms with Crippen LogP contribution in [0.1, 0.15) is 28.7 Å². The van der Waals surface area contributed by atoms with Crippen LogP contribution in [0, 0.1) is 0 Å². The molecule has 0 amide bonds. The molecule has 6 nitrogen and oxygen atoms in total. The van der Waals surface area contributed by atoms with E-state index in [0.29, 0.717) is 11.2 Å². The zero-order chi connectivity index (χ0) is 20.3. The summed E-state index contributed by atoms with van der Waals surface area (Å²) in [5.74, 6) is -0.980. The number of rotatable bonds is 7. The second-order valence-corrected chi connectivity index (χ2v) is 5.77. The maximum absolute atomic E-state index is 12.7. The Morgan fingerprint density at radius 1 is 1.25 bits per heavy atom. The third-order valence-corrected chi connectivity index (χ3v) is 3.68. The van der Waals surface area contributed by atoms with Gasteiger partial charge in [0.15, 0.2) is 17.2 Å². The summed E-state index contributed by atoms with van der Waals surface area (Å²) in [6.07, 6.45) is 4.59. The van der Waals surface area contributed by atoms with Gasteiger partial charge in [-0.2, -0.15) is 8.78 Å². The molecule has 0 aliphatic heterocycles. The zero-order valence-corrected chi connectivity index (χ0v) is 14.8. The maximum Gasteiger partial charge on any atom is 0.387 e. The predicted octanol–water partition coefficient (Wildman–Crippen LogP) is 4.72. The largest absolute Gasteiger partial charge is 0.476 e. The van der Waals surface area contributed by atoms with Crippen molar-refractivity contribution >= 4 is 23.8 Å². The molecule has 2 heterocycles. The van der Waals surface area contributed by atoms with Crippen LogP contribution in [-0.4, -0.2) is 27.1 Å². The van der Waals surface area contributed by atoms with Crippen LogP contribution >= 0.6 is 0 Å². The highest BCUT2D eigenvalue weighted by Crippen LogP contribution is 2.35. The standard InChI is InChI=1S/C20H16F2N2O4/c1-12(2)27-18-13(6-5-7-15(18)28-20(21)22)9-10-14-17(19(25)26)24-11-4-3-8-16(24)23-14/h3-11,20H,1H2,2H3,(H,25,26). The number of ether oxygens (including phenoxy) is 2. The van der Waals surface area contributed by atoms with Crippen molar-refractivity contribution in [2.75, 3.05) is 0 Å². The number of nitrogens with zero attached hydrogens (tertiary/aromatic N) is 2. The van der Waals surface area contributed by atoms with Crippen molar-refractivity contribution in [2.45, 2.75) is 13.5 Å². The SMILES string of the molecule is C=C(C)Oc1c(C=Cc2nc3ccccn3c2C(=O)O)cccc1OC(F)F. The Morgan fingerprint density at radius 3 is 2.71 bits per heavy atom. The molecule has 0 spiro atoms. The quantitative estimate of drug-likeness (QED) is 0.595. The molecule has 8 heteroatoms. The van der Waals surface area contributed by atoms with Crippen LogP contribution in [0.25, 0.3) is 17.8 Å². The van der Waals surface area contributed by atoms with Gasteiger partial charge in [0.05, 0.1) is 11.5 Å². The lowest BCUT2D eigenvalue weighted by Gasteiger charge is -2.14. The number of imidazole rings is 1. The summed E-state index contributed by atoms with van der Waals surface area (Å²) in [5, 5.41) is 9.53. The average molecular weight is 386 g/mol. The lowest BCUT2D eigenvalue weighted by Crippen LogP contribution is -2.05. The van der Waals surface area contributed by atoms with Crippen LogP contribution in [0.15, 0.2) is 54.9 Å². The van der Waals surface area contributed by atoms with Crippen LogP contribution in [0.4, 0.5) is 8.78 Å². The van der Waals surface area contributed by atoms with Crippen molar-refractivity contribution in [1.29, 1.82) is 0 Å². The van der Waals surface area contributed by atoms with E-state index in [4.69, 9.17) is 4.74 Å². The van der Waals surface area contributed by atoms with Crippen LogP contribution in [0.2, 0.25) is 0 Å². The number of carboxylic acid groups (broad SMARTS) is 1. The van der Waals surface area contributed by atoms with Crippen molar-refractivity contribution < 1.29 is 28.2 Å². The van der Waals surface area contributed by atoms with Gasteiger partial charge in [0.1, 0.15) is 5.65 Å². The summed E-state index contributed by atoms with van der Waals surface area (Å²) in [5.41, 5.74) is 1.05. The van der Waals surface area contributed by atoms with Gasteiger partial charge in [0.2, 0.25) is 0 Å². The first-order valence-corrected chi connectivity index (χ1v) is 8.16. The normalized spacial score (nSPS) is 11.3. The fraction of sp³-hybridized carbons (Fsp3) is 0.100. The van der Waals surface area contributed by atoms with Gasteiger partial charge in [-0.05, 0) is 37.3 Å². The van der Waals surface area contributed by atoms with E-state index in [-0.39, 0.29) is 28.6 Å². The Bertz CT molecular complexity index is 1070. The van der Waals surface area contributed by atoms with E-state index in [0.717, 1.165) is 0 Å². The molecule has 0 radical (unpaired) electrons. The molecule has 3 aromatic rings. The summed E-state index contributed by atoms with van der Waals surface area (Å²) >= 11 is 0. The fourth-order valence-corrected chi connectivity index (χ4v) is 2.65. The first kappa shape index (κ1) is 19.1. The number of hydrogen-bond acceptors (Lipinski definition) is 4. The van der Waals surface area contributed by atoms with Gasteiger partial charge in [-0.25, -0.2) is 9.78 Å². The van der Waals surface area contributed by atoms with Gasteiger partial charge in [-0.15, -0.1) is 0 Å². The second-order valence-electron chi connectivity index (χ2n) is 5.77. The third kappa shape index (κ3) is 4.01. The van der Waals surface area contributed by atoms with Crippen LogP contribution in [0.5, 0.6) is 11.5 Å². The summed E-state index contributed by atoms with van der Waals surface area (Å²) in [4.78, 5) is 16.0. The summed E-state index contributed by atoms with van der Waals surface area (Å²) in [6, 6.07) is 9.59. The number of carbonyl (C=O) groups is 1. The molecule has 0 saturated heterocycles. The number of benzene rings is 1. The van der Waals surface area contributed by atoms with Crippen molar-refractivity contribution in [2.24, 2.45) is 0 Å². The van der Waals surface area contributed by atoms with Crippen molar-refractivity contribution in [3.05, 3.63) is 71.9 Å². The monoisotopic (exact) mass is 386 g/mol. The molecule has 1 N–H and O–H groups in total. The van der Waals surface area contributed by atoms with Gasteiger partial charge in [0.25, 0.3) is 0 Å². The Morgan fingerprint density at radius 2 is 2.04 bits per heavy atom. The molecule has 0 atom stereocenters. The van der Waals surface area contributed by atoms with E-state index in [1.54, 1.807) is 37.4 Å². The molecule has 0 fully saturated rings. The number of para-hydroxylation sites is 1. The number of carboxylic acids is 1. The number of allylic oxidation sites excluding steroid dienone is 1. The number of aromatic nitrogens is 2. The van der Waals surface area contributed by atoms with E-state index >= 15 is 0 Å². The number of pyridine rings is 1. The minimum Gasteiger partial charge on any atom is -0.476 e. The number of aromatic carboxylic acids is 1. The fourth-order valence-electron chi connectivity index (χ4n) is 2.65. The van der Waals surface area contributed by atoms with E-state index in [1.807, 2.05) is 0 Å². The Balaban J connectivity index is 2.07. The van der Waals surface area contributed by atoms with Crippen LogP contribution in [0.3, 0.4) is 0 Å². The Hall–Kier alpha value is -3.68. The molecule has 3 rings (SSSR count). The molecule has 0 bridgehead atoms. The maximum atomic E-state index is 12.7. The summed E-state index contributed by atoms with van der Waals surface area (Å²) in [6.45, 7) is 2.16. The van der Waals surface area contributed by atoms with Gasteiger partial charge in [-0.3, -0.25) is 4.40 Å². The van der Waals surface area contributed by atoms with Crippen molar-refractivity contribution in [3.63, 3.8) is 0 Å². The van der Waals surface area contributed by atoms with Crippen LogP contribution in [-0.2, 0) is 0 Å². The number of alkyl halides is 2. The second kappa shape index (κ2) is 7.91. The van der Waals surface area contributed by atoms with Crippen molar-refractivity contribution in [1.82, 2.24) is 9.38 Å². The average Bonchev–Trinajstić information content (AvgIpc) is 2.99. The highest BCUT2D eigenvalue weighted by atomic mass is 19.3. The predicted molar refractivity (Wildman–Crippen MR) is 99.6 cm³/mol. The highest BCUT2D eigenvalue weighted by Gasteiger charge is 2.18. The van der Waals surface area contributed by atoms with E-state index in [9.17, 15) is 18.7 Å². The number of halogens is 2. The molecule has 144 valence electrons. The Kier molecular flexibility index (Phi) is 5.39. The van der Waals surface area contributed by atoms with Gasteiger partial charge >= 0.3 is 12.6 Å². The molecule has 0 saturated carbocycles. The van der Waals surface area contributed by atoms with E-state index < -0.39 is 12.6 Å². The first-order valence-electron chi connectivity index (χ1n) is 8.16.